The number of ether oxygens (including phenoxy) is 1. The van der Waals surface area contributed by atoms with Crippen LogP contribution in [0.25, 0.3) is 17.4 Å². The molecule has 0 fully saturated rings. The van der Waals surface area contributed by atoms with E-state index in [0.717, 1.165) is 11.1 Å². The summed E-state index contributed by atoms with van der Waals surface area (Å²) < 4.78 is 13.3. The Labute approximate surface area is 226 Å². The van der Waals surface area contributed by atoms with E-state index in [-0.39, 0.29) is 12.2 Å². The van der Waals surface area contributed by atoms with Gasteiger partial charge in [0.1, 0.15) is 11.5 Å². The average Bonchev–Trinajstić information content (AvgIpc) is 3.45. The first kappa shape index (κ1) is 25.3. The van der Waals surface area contributed by atoms with Crippen molar-refractivity contribution in [2.24, 2.45) is 4.99 Å². The fourth-order valence-electron chi connectivity index (χ4n) is 4.25. The number of fused-ring (bicyclic) bond motifs is 1. The molecule has 0 bridgehead atoms. The number of furan rings is 1. The van der Waals surface area contributed by atoms with Gasteiger partial charge in [0.2, 0.25) is 0 Å². The second kappa shape index (κ2) is 10.2. The van der Waals surface area contributed by atoms with Gasteiger partial charge in [0.05, 0.1) is 33.5 Å². The molecular weight excluding hydrogens is 531 g/mol. The zero-order valence-electron chi connectivity index (χ0n) is 20.2. The van der Waals surface area contributed by atoms with E-state index in [2.05, 4.69) is 4.99 Å². The van der Waals surface area contributed by atoms with Crippen LogP contribution in [0.2, 0.25) is 10.0 Å². The lowest BCUT2D eigenvalue weighted by Gasteiger charge is -2.24. The molecule has 0 amide bonds. The number of aromatic nitrogens is 1. The highest BCUT2D eigenvalue weighted by atomic mass is 35.5. The van der Waals surface area contributed by atoms with Crippen molar-refractivity contribution in [1.82, 2.24) is 4.57 Å². The lowest BCUT2D eigenvalue weighted by molar-refractivity contribution is -0.139. The van der Waals surface area contributed by atoms with Gasteiger partial charge in [-0.05, 0) is 56.7 Å². The predicted molar refractivity (Wildman–Crippen MR) is 146 cm³/mol. The Bertz CT molecular complexity index is 1730. The number of aryl methyl sites for hydroxylation is 1. The Kier molecular flexibility index (Phi) is 6.94. The maximum atomic E-state index is 13.7. The quantitative estimate of drug-likeness (QED) is 0.299. The van der Waals surface area contributed by atoms with Gasteiger partial charge in [-0.1, -0.05) is 64.4 Å². The maximum absolute atomic E-state index is 13.7. The van der Waals surface area contributed by atoms with Gasteiger partial charge in [-0.2, -0.15) is 0 Å². The summed E-state index contributed by atoms with van der Waals surface area (Å²) in [6.07, 6.45) is 1.67. The minimum Gasteiger partial charge on any atom is -0.463 e. The summed E-state index contributed by atoms with van der Waals surface area (Å²) in [6, 6.07) is 15.8. The molecule has 0 aliphatic carbocycles. The molecule has 37 heavy (non-hydrogen) atoms. The molecule has 1 unspecified atom stereocenters. The summed E-state index contributed by atoms with van der Waals surface area (Å²) >= 11 is 13.7. The molecule has 9 heteroatoms. The number of nitrogens with zero attached hydrogens (tertiary/aromatic N) is 2. The van der Waals surface area contributed by atoms with Crippen molar-refractivity contribution in [2.75, 3.05) is 6.61 Å². The molecule has 188 valence electrons. The predicted octanol–water partition coefficient (Wildman–Crippen LogP) is 5.67. The molecule has 0 radical (unpaired) electrons. The van der Waals surface area contributed by atoms with Gasteiger partial charge < -0.3 is 9.15 Å². The van der Waals surface area contributed by atoms with Crippen molar-refractivity contribution in [3.8, 4) is 11.3 Å². The number of hydrogen-bond acceptors (Lipinski definition) is 6. The van der Waals surface area contributed by atoms with Crippen LogP contribution in [0, 0.1) is 6.92 Å². The van der Waals surface area contributed by atoms with Crippen LogP contribution >= 0.6 is 34.5 Å². The summed E-state index contributed by atoms with van der Waals surface area (Å²) in [7, 11) is 0. The molecule has 2 aromatic carbocycles. The molecule has 6 nitrogen and oxygen atoms in total. The fraction of sp³-hybridized carbons (Fsp3) is 0.179. The minimum absolute atomic E-state index is 0.220. The maximum Gasteiger partial charge on any atom is 0.338 e. The average molecular weight is 553 g/mol. The standard InChI is InChI=1S/C28H22Cl2N2O4S/c1-4-35-27(34)24-16(3)31-28-32(25(24)17-7-5-15(2)6-8-17)26(33)23(37-28)14-19-10-12-22(36-19)20-13-18(29)9-11-21(20)30/h5-14,25H,4H2,1-3H3. The van der Waals surface area contributed by atoms with Crippen molar-refractivity contribution in [3.63, 3.8) is 0 Å². The smallest absolute Gasteiger partial charge is 0.338 e. The molecule has 0 saturated heterocycles. The van der Waals surface area contributed by atoms with E-state index in [1.54, 1.807) is 54.8 Å². The molecular formula is C28H22Cl2N2O4S. The van der Waals surface area contributed by atoms with E-state index in [1.807, 2.05) is 31.2 Å². The molecule has 4 aromatic rings. The first-order valence-electron chi connectivity index (χ1n) is 11.6. The number of allylic oxidation sites excluding steroid dienone is 1. The zero-order valence-corrected chi connectivity index (χ0v) is 22.6. The van der Waals surface area contributed by atoms with Crippen molar-refractivity contribution in [2.45, 2.75) is 26.8 Å². The van der Waals surface area contributed by atoms with Crippen LogP contribution in [0.3, 0.4) is 0 Å². The lowest BCUT2D eigenvalue weighted by Crippen LogP contribution is -2.39. The molecule has 1 atom stereocenters. The number of halogens is 2. The number of carbonyl (C=O) groups excluding carboxylic acids is 1. The first-order valence-corrected chi connectivity index (χ1v) is 13.2. The van der Waals surface area contributed by atoms with Gasteiger partial charge in [-0.15, -0.1) is 0 Å². The SMILES string of the molecule is CCOC(=O)C1=C(C)N=c2sc(=Cc3ccc(-c4cc(Cl)ccc4Cl)o3)c(=O)n2C1c1ccc(C)cc1. The van der Waals surface area contributed by atoms with Gasteiger partial charge in [0.15, 0.2) is 4.80 Å². The molecule has 0 N–H and O–H groups in total. The summed E-state index contributed by atoms with van der Waals surface area (Å²) in [4.78, 5) is 31.8. The van der Waals surface area contributed by atoms with Gasteiger partial charge in [0, 0.05) is 16.7 Å². The van der Waals surface area contributed by atoms with E-state index in [9.17, 15) is 9.59 Å². The highest BCUT2D eigenvalue weighted by Crippen LogP contribution is 2.33. The minimum atomic E-state index is -0.657. The molecule has 0 saturated carbocycles. The normalized spacial score (nSPS) is 15.5. The number of esters is 1. The Morgan fingerprint density at radius 3 is 2.62 bits per heavy atom. The topological polar surface area (TPSA) is 73.8 Å². The monoisotopic (exact) mass is 552 g/mol. The molecule has 1 aliphatic heterocycles. The summed E-state index contributed by atoms with van der Waals surface area (Å²) in [5.41, 5.74) is 3.12. The Morgan fingerprint density at radius 2 is 1.89 bits per heavy atom. The second-order valence-electron chi connectivity index (χ2n) is 8.54. The van der Waals surface area contributed by atoms with Crippen molar-refractivity contribution >= 4 is 46.6 Å². The Morgan fingerprint density at radius 1 is 1.14 bits per heavy atom. The molecule has 5 rings (SSSR count). The number of benzene rings is 2. The van der Waals surface area contributed by atoms with Crippen LogP contribution in [-0.2, 0) is 9.53 Å². The number of rotatable bonds is 5. The summed E-state index contributed by atoms with van der Waals surface area (Å²) in [5.74, 6) is 0.520. The van der Waals surface area contributed by atoms with E-state index < -0.39 is 12.0 Å². The lowest BCUT2D eigenvalue weighted by atomic mass is 9.95. The summed E-state index contributed by atoms with van der Waals surface area (Å²) in [6.45, 7) is 5.71. The second-order valence-corrected chi connectivity index (χ2v) is 10.4. The zero-order chi connectivity index (χ0) is 26.3. The fourth-order valence-corrected chi connectivity index (χ4v) is 5.66. The number of carbonyl (C=O) groups is 1. The Balaban J connectivity index is 1.64. The van der Waals surface area contributed by atoms with E-state index in [1.165, 1.54) is 11.3 Å². The van der Waals surface area contributed by atoms with E-state index in [4.69, 9.17) is 32.4 Å². The van der Waals surface area contributed by atoms with Crippen LogP contribution in [0.1, 0.15) is 36.8 Å². The van der Waals surface area contributed by atoms with Gasteiger partial charge in [-0.25, -0.2) is 9.79 Å². The highest BCUT2D eigenvalue weighted by molar-refractivity contribution is 7.07. The molecule has 2 aromatic heterocycles. The molecule has 1 aliphatic rings. The van der Waals surface area contributed by atoms with Crippen molar-refractivity contribution in [1.29, 1.82) is 0 Å². The number of hydrogen-bond donors (Lipinski definition) is 0. The van der Waals surface area contributed by atoms with E-state index >= 15 is 0 Å². The first-order chi connectivity index (χ1) is 17.8. The van der Waals surface area contributed by atoms with Gasteiger partial charge >= 0.3 is 5.97 Å². The third-order valence-corrected chi connectivity index (χ3v) is 7.55. The van der Waals surface area contributed by atoms with E-state index in [0.29, 0.717) is 47.7 Å². The van der Waals surface area contributed by atoms with Gasteiger partial charge in [0.25, 0.3) is 5.56 Å². The third kappa shape index (κ3) is 4.82. The van der Waals surface area contributed by atoms with Crippen LogP contribution in [0.5, 0.6) is 0 Å². The van der Waals surface area contributed by atoms with Crippen LogP contribution in [0.15, 0.2) is 80.1 Å². The van der Waals surface area contributed by atoms with Crippen LogP contribution in [0.4, 0.5) is 0 Å². The van der Waals surface area contributed by atoms with Crippen molar-refractivity contribution in [3.05, 3.63) is 112 Å². The van der Waals surface area contributed by atoms with Crippen LogP contribution < -0.4 is 14.9 Å². The largest absolute Gasteiger partial charge is 0.463 e. The molecule has 3 heterocycles. The number of thiazole rings is 1. The Hall–Kier alpha value is -3.39. The van der Waals surface area contributed by atoms with Crippen LogP contribution in [-0.4, -0.2) is 17.1 Å². The highest BCUT2D eigenvalue weighted by Gasteiger charge is 2.33. The third-order valence-electron chi connectivity index (χ3n) is 6.00. The van der Waals surface area contributed by atoms with Gasteiger partial charge in [-0.3, -0.25) is 9.36 Å². The van der Waals surface area contributed by atoms with Crippen molar-refractivity contribution < 1.29 is 13.9 Å². The summed E-state index contributed by atoms with van der Waals surface area (Å²) in [5, 5.41) is 1.04. The molecule has 0 spiro atoms.